The molecule has 2 rings (SSSR count). The van der Waals surface area contributed by atoms with Crippen LogP contribution < -0.4 is 0 Å². The Hall–Kier alpha value is -2.14. The van der Waals surface area contributed by atoms with Gasteiger partial charge < -0.3 is 0 Å². The minimum atomic E-state index is 0.863. The number of hydrogen-bond donors (Lipinski definition) is 0. The van der Waals surface area contributed by atoms with Gasteiger partial charge in [0.2, 0.25) is 0 Å². The lowest BCUT2D eigenvalue weighted by Gasteiger charge is -2.02. The zero-order chi connectivity index (χ0) is 9.80. The van der Waals surface area contributed by atoms with Gasteiger partial charge in [0.1, 0.15) is 6.33 Å². The zero-order valence-corrected chi connectivity index (χ0v) is 7.51. The summed E-state index contributed by atoms with van der Waals surface area (Å²) in [5, 5.41) is 0. The Labute approximate surface area is 82.7 Å². The maximum absolute atomic E-state index is 5.40. The summed E-state index contributed by atoms with van der Waals surface area (Å²) >= 11 is 0. The van der Waals surface area contributed by atoms with Gasteiger partial charge >= 0.3 is 0 Å². The number of hydrogen-bond acceptors (Lipinski definition) is 2. The lowest BCUT2D eigenvalue weighted by molar-refractivity contribution is 1.17. The van der Waals surface area contributed by atoms with Gasteiger partial charge in [-0.05, 0) is 6.07 Å². The first kappa shape index (κ1) is 8.46. The largest absolute Gasteiger partial charge is 0.244 e. The van der Waals surface area contributed by atoms with Crippen molar-refractivity contribution >= 4 is 0 Å². The monoisotopic (exact) mass is 180 g/mol. The molecule has 2 nitrogen and oxygen atoms in total. The van der Waals surface area contributed by atoms with Crippen molar-refractivity contribution in [2.45, 2.75) is 0 Å². The molecule has 0 aliphatic heterocycles. The van der Waals surface area contributed by atoms with Crippen molar-refractivity contribution in [2.75, 3.05) is 0 Å². The second-order valence-corrected chi connectivity index (χ2v) is 2.82. The smallest absolute Gasteiger partial charge is 0.115 e. The molecular formula is C12H8N2. The Balaban J connectivity index is 2.58. The summed E-state index contributed by atoms with van der Waals surface area (Å²) in [5.41, 5.74) is 2.80. The summed E-state index contributed by atoms with van der Waals surface area (Å²) in [5.74, 6) is 2.64. The lowest BCUT2D eigenvalue weighted by Crippen LogP contribution is -1.85. The van der Waals surface area contributed by atoms with Crippen LogP contribution in [0.5, 0.6) is 0 Å². The molecule has 0 spiro atoms. The molecule has 2 aromatic rings. The molecule has 0 fully saturated rings. The van der Waals surface area contributed by atoms with E-state index < -0.39 is 0 Å². The average Bonchev–Trinajstić information content (AvgIpc) is 2.30. The highest BCUT2D eigenvalue weighted by molar-refractivity contribution is 5.69. The van der Waals surface area contributed by atoms with Gasteiger partial charge in [0, 0.05) is 29.1 Å². The lowest BCUT2D eigenvalue weighted by atomic mass is 10.0. The fourth-order valence-corrected chi connectivity index (χ4v) is 1.30. The minimum Gasteiger partial charge on any atom is -0.244 e. The Morgan fingerprint density at radius 1 is 1.07 bits per heavy atom. The third kappa shape index (κ3) is 1.48. The standard InChI is InChI=1S/C12H8N2/c1-2-10-5-3-4-6-12(10)11-7-13-9-14-8-11/h1,3-9H. The molecule has 1 heterocycles. The van der Waals surface area contributed by atoms with Crippen molar-refractivity contribution in [1.29, 1.82) is 0 Å². The molecule has 0 bridgehead atoms. The van der Waals surface area contributed by atoms with E-state index >= 15 is 0 Å². The van der Waals surface area contributed by atoms with E-state index in [1.165, 1.54) is 6.33 Å². The highest BCUT2D eigenvalue weighted by Crippen LogP contribution is 2.20. The van der Waals surface area contributed by atoms with Crippen molar-refractivity contribution in [3.05, 3.63) is 48.5 Å². The molecule has 0 N–H and O–H groups in total. The van der Waals surface area contributed by atoms with Crippen molar-refractivity contribution in [2.24, 2.45) is 0 Å². The molecule has 1 aromatic heterocycles. The third-order valence-electron chi connectivity index (χ3n) is 1.95. The predicted octanol–water partition coefficient (Wildman–Crippen LogP) is 2.12. The van der Waals surface area contributed by atoms with Gasteiger partial charge in [-0.1, -0.05) is 24.1 Å². The Bertz CT molecular complexity index is 469. The van der Waals surface area contributed by atoms with Crippen molar-refractivity contribution in [1.82, 2.24) is 9.97 Å². The minimum absolute atomic E-state index is 0.863. The molecule has 0 saturated carbocycles. The van der Waals surface area contributed by atoms with Gasteiger partial charge in [0.15, 0.2) is 0 Å². The fourth-order valence-electron chi connectivity index (χ4n) is 1.30. The van der Waals surface area contributed by atoms with Crippen LogP contribution in [0.1, 0.15) is 5.56 Å². The average molecular weight is 180 g/mol. The van der Waals surface area contributed by atoms with E-state index in [-0.39, 0.29) is 0 Å². The normalized spacial score (nSPS) is 9.36. The van der Waals surface area contributed by atoms with Crippen molar-refractivity contribution in [3.63, 3.8) is 0 Å². The van der Waals surface area contributed by atoms with Crippen molar-refractivity contribution < 1.29 is 0 Å². The van der Waals surface area contributed by atoms with E-state index in [4.69, 9.17) is 6.42 Å². The molecule has 0 radical (unpaired) electrons. The van der Waals surface area contributed by atoms with E-state index in [0.717, 1.165) is 16.7 Å². The van der Waals surface area contributed by atoms with Crippen LogP contribution in [-0.2, 0) is 0 Å². The van der Waals surface area contributed by atoms with Crippen LogP contribution in [0.25, 0.3) is 11.1 Å². The second kappa shape index (κ2) is 3.71. The third-order valence-corrected chi connectivity index (χ3v) is 1.95. The quantitative estimate of drug-likeness (QED) is 0.628. The molecule has 0 amide bonds. The van der Waals surface area contributed by atoms with Gasteiger partial charge in [-0.15, -0.1) is 6.42 Å². The summed E-state index contributed by atoms with van der Waals surface area (Å²) in [6, 6.07) is 7.74. The van der Waals surface area contributed by atoms with E-state index in [2.05, 4.69) is 15.9 Å². The summed E-state index contributed by atoms with van der Waals surface area (Å²) in [4.78, 5) is 7.91. The topological polar surface area (TPSA) is 25.8 Å². The summed E-state index contributed by atoms with van der Waals surface area (Å²) < 4.78 is 0. The van der Waals surface area contributed by atoms with Crippen LogP contribution in [0.2, 0.25) is 0 Å². The van der Waals surface area contributed by atoms with Gasteiger partial charge in [0.25, 0.3) is 0 Å². The first-order valence-electron chi connectivity index (χ1n) is 4.23. The summed E-state index contributed by atoms with van der Waals surface area (Å²) in [6.07, 6.45) is 10.4. The number of nitrogens with zero attached hydrogens (tertiary/aromatic N) is 2. The van der Waals surface area contributed by atoms with Gasteiger partial charge in [-0.2, -0.15) is 0 Å². The van der Waals surface area contributed by atoms with Gasteiger partial charge in [0.05, 0.1) is 0 Å². The SMILES string of the molecule is C#Cc1ccccc1-c1cncnc1. The van der Waals surface area contributed by atoms with E-state index in [1.54, 1.807) is 12.4 Å². The summed E-state index contributed by atoms with van der Waals surface area (Å²) in [7, 11) is 0. The van der Waals surface area contributed by atoms with Crippen LogP contribution in [0.15, 0.2) is 43.0 Å². The summed E-state index contributed by atoms with van der Waals surface area (Å²) in [6.45, 7) is 0. The van der Waals surface area contributed by atoms with Crippen molar-refractivity contribution in [3.8, 4) is 23.5 Å². The molecule has 14 heavy (non-hydrogen) atoms. The van der Waals surface area contributed by atoms with Crippen LogP contribution in [0.4, 0.5) is 0 Å². The number of terminal acetylenes is 1. The molecule has 0 atom stereocenters. The maximum Gasteiger partial charge on any atom is 0.115 e. The zero-order valence-electron chi connectivity index (χ0n) is 7.51. The Morgan fingerprint density at radius 3 is 2.50 bits per heavy atom. The van der Waals surface area contributed by atoms with Crippen LogP contribution in [0.3, 0.4) is 0 Å². The first-order chi connectivity index (χ1) is 6.92. The molecule has 0 aliphatic rings. The van der Waals surface area contributed by atoms with Crippen LogP contribution in [-0.4, -0.2) is 9.97 Å². The molecule has 1 aromatic carbocycles. The number of rotatable bonds is 1. The van der Waals surface area contributed by atoms with Gasteiger partial charge in [-0.3, -0.25) is 0 Å². The highest BCUT2D eigenvalue weighted by Gasteiger charge is 2.01. The number of benzene rings is 1. The van der Waals surface area contributed by atoms with E-state index in [9.17, 15) is 0 Å². The molecular weight excluding hydrogens is 172 g/mol. The Morgan fingerprint density at radius 2 is 1.79 bits per heavy atom. The Kier molecular flexibility index (Phi) is 2.24. The molecule has 66 valence electrons. The fraction of sp³-hybridized carbons (Fsp3) is 0. The maximum atomic E-state index is 5.40. The second-order valence-electron chi connectivity index (χ2n) is 2.82. The predicted molar refractivity (Wildman–Crippen MR) is 55.4 cm³/mol. The van der Waals surface area contributed by atoms with E-state index in [1.807, 2.05) is 24.3 Å². The molecule has 0 unspecified atom stereocenters. The molecule has 0 saturated heterocycles. The molecule has 0 aliphatic carbocycles. The van der Waals surface area contributed by atoms with E-state index in [0.29, 0.717) is 0 Å². The number of aromatic nitrogens is 2. The highest BCUT2D eigenvalue weighted by atomic mass is 14.8. The first-order valence-corrected chi connectivity index (χ1v) is 4.23. The molecule has 2 heteroatoms. The van der Waals surface area contributed by atoms with Crippen LogP contribution >= 0.6 is 0 Å². The van der Waals surface area contributed by atoms with Gasteiger partial charge in [-0.25, -0.2) is 9.97 Å². The van der Waals surface area contributed by atoms with Crippen LogP contribution in [0, 0.1) is 12.3 Å².